The number of nitrogens with zero attached hydrogens (tertiary/aromatic N) is 2. The number of carbonyl (C=O) groups is 1. The second kappa shape index (κ2) is 6.63. The van der Waals surface area contributed by atoms with Crippen LogP contribution in [0.3, 0.4) is 0 Å². The number of hydrogen-bond donors (Lipinski definition) is 1. The van der Waals surface area contributed by atoms with Crippen LogP contribution in [0.15, 0.2) is 29.4 Å². The highest BCUT2D eigenvalue weighted by Gasteiger charge is 2.10. The molecule has 1 amide bonds. The maximum absolute atomic E-state index is 11.8. The van der Waals surface area contributed by atoms with Gasteiger partial charge in [0, 0.05) is 23.4 Å². The zero-order valence-electron chi connectivity index (χ0n) is 11.2. The van der Waals surface area contributed by atoms with Gasteiger partial charge in [-0.2, -0.15) is 5.10 Å². The third kappa shape index (κ3) is 4.87. The molecular formula is C13H17N3O3. The number of benzene rings is 1. The van der Waals surface area contributed by atoms with Gasteiger partial charge < -0.3 is 0 Å². The van der Waals surface area contributed by atoms with Crippen molar-refractivity contribution in [2.75, 3.05) is 0 Å². The van der Waals surface area contributed by atoms with Crippen molar-refractivity contribution in [1.29, 1.82) is 0 Å². The monoisotopic (exact) mass is 263 g/mol. The van der Waals surface area contributed by atoms with Crippen LogP contribution in [0.4, 0.5) is 5.69 Å². The Morgan fingerprint density at radius 3 is 2.74 bits per heavy atom. The summed E-state index contributed by atoms with van der Waals surface area (Å²) >= 11 is 0. The quantitative estimate of drug-likeness (QED) is 0.503. The lowest BCUT2D eigenvalue weighted by Crippen LogP contribution is -2.19. The molecule has 6 heteroatoms. The van der Waals surface area contributed by atoms with Crippen LogP contribution in [-0.2, 0) is 0 Å². The first-order valence-corrected chi connectivity index (χ1v) is 5.98. The van der Waals surface area contributed by atoms with Crippen LogP contribution in [0.25, 0.3) is 0 Å². The second-order valence-electron chi connectivity index (χ2n) is 4.69. The van der Waals surface area contributed by atoms with Crippen molar-refractivity contribution in [3.63, 3.8) is 0 Å². The zero-order valence-corrected chi connectivity index (χ0v) is 11.2. The topological polar surface area (TPSA) is 84.6 Å². The van der Waals surface area contributed by atoms with E-state index in [0.717, 1.165) is 12.1 Å². The Morgan fingerprint density at radius 1 is 1.47 bits per heavy atom. The van der Waals surface area contributed by atoms with Crippen LogP contribution < -0.4 is 5.43 Å². The molecule has 0 atom stereocenters. The number of carbonyl (C=O) groups excluding carboxylic acids is 1. The molecule has 0 radical (unpaired) electrons. The van der Waals surface area contributed by atoms with Gasteiger partial charge in [0.15, 0.2) is 0 Å². The molecule has 0 bridgehead atoms. The predicted molar refractivity (Wildman–Crippen MR) is 73.1 cm³/mol. The van der Waals surface area contributed by atoms with Crippen molar-refractivity contribution in [1.82, 2.24) is 5.43 Å². The normalized spacial score (nSPS) is 11.5. The molecule has 0 heterocycles. The third-order valence-electron chi connectivity index (χ3n) is 2.37. The summed E-state index contributed by atoms with van der Waals surface area (Å²) in [7, 11) is 0. The lowest BCUT2D eigenvalue weighted by molar-refractivity contribution is -0.384. The number of non-ortho nitro benzene ring substituents is 1. The van der Waals surface area contributed by atoms with Crippen LogP contribution in [0.2, 0.25) is 0 Å². The highest BCUT2D eigenvalue weighted by atomic mass is 16.6. The highest BCUT2D eigenvalue weighted by molar-refractivity contribution is 5.95. The molecule has 6 nitrogen and oxygen atoms in total. The lowest BCUT2D eigenvalue weighted by Gasteiger charge is -2.04. The lowest BCUT2D eigenvalue weighted by atomic mass is 10.1. The summed E-state index contributed by atoms with van der Waals surface area (Å²) in [6.07, 6.45) is 0.787. The summed E-state index contributed by atoms with van der Waals surface area (Å²) in [5, 5.41) is 14.6. The van der Waals surface area contributed by atoms with Gasteiger partial charge in [-0.3, -0.25) is 14.9 Å². The summed E-state index contributed by atoms with van der Waals surface area (Å²) in [4.78, 5) is 21.8. The molecule has 0 aliphatic carbocycles. The zero-order chi connectivity index (χ0) is 14.4. The van der Waals surface area contributed by atoms with Gasteiger partial charge in [0.2, 0.25) is 0 Å². The van der Waals surface area contributed by atoms with Crippen LogP contribution in [0.5, 0.6) is 0 Å². The van der Waals surface area contributed by atoms with Crippen LogP contribution in [0.1, 0.15) is 37.6 Å². The molecule has 0 spiro atoms. The van der Waals surface area contributed by atoms with Crippen molar-refractivity contribution >= 4 is 17.3 Å². The first-order chi connectivity index (χ1) is 8.90. The Hall–Kier alpha value is -2.24. The van der Waals surface area contributed by atoms with E-state index in [9.17, 15) is 14.9 Å². The standard InChI is InChI=1S/C13H17N3O3/c1-9(2)7-10(3)14-15-13(17)11-5-4-6-12(8-11)16(18)19/h4-6,8-9H,7H2,1-3H3,(H,15,17). The van der Waals surface area contributed by atoms with Crippen LogP contribution in [0, 0.1) is 16.0 Å². The molecule has 0 fully saturated rings. The average Bonchev–Trinajstić information content (AvgIpc) is 2.35. The first-order valence-electron chi connectivity index (χ1n) is 5.98. The Balaban J connectivity index is 2.73. The summed E-state index contributed by atoms with van der Waals surface area (Å²) in [6, 6.07) is 5.54. The van der Waals surface area contributed by atoms with Gasteiger partial charge in [-0.05, 0) is 25.3 Å². The fourth-order valence-corrected chi connectivity index (χ4v) is 1.61. The molecule has 102 valence electrons. The van der Waals surface area contributed by atoms with E-state index in [4.69, 9.17) is 0 Å². The van der Waals surface area contributed by atoms with E-state index in [-0.39, 0.29) is 11.3 Å². The summed E-state index contributed by atoms with van der Waals surface area (Å²) in [5.41, 5.74) is 3.31. The summed E-state index contributed by atoms with van der Waals surface area (Å²) in [5.74, 6) is 0.00488. The largest absolute Gasteiger partial charge is 0.271 e. The van der Waals surface area contributed by atoms with Crippen LogP contribution in [-0.4, -0.2) is 16.5 Å². The summed E-state index contributed by atoms with van der Waals surface area (Å²) in [6.45, 7) is 5.94. The number of nitro groups is 1. The molecule has 0 aliphatic heterocycles. The Labute approximate surface area is 111 Å². The Kier molecular flexibility index (Phi) is 5.17. The van der Waals surface area contributed by atoms with Gasteiger partial charge >= 0.3 is 0 Å². The van der Waals surface area contributed by atoms with Gasteiger partial charge in [0.25, 0.3) is 11.6 Å². The minimum absolute atomic E-state index is 0.115. The number of hydrazone groups is 1. The third-order valence-corrected chi connectivity index (χ3v) is 2.37. The molecule has 0 aliphatic rings. The minimum Gasteiger partial charge on any atom is -0.267 e. The van der Waals surface area contributed by atoms with E-state index in [0.29, 0.717) is 5.92 Å². The van der Waals surface area contributed by atoms with Crippen molar-refractivity contribution < 1.29 is 9.72 Å². The molecule has 1 N–H and O–H groups in total. The number of nitrogens with one attached hydrogen (secondary N) is 1. The smallest absolute Gasteiger partial charge is 0.267 e. The highest BCUT2D eigenvalue weighted by Crippen LogP contribution is 2.12. The van der Waals surface area contributed by atoms with E-state index >= 15 is 0 Å². The molecule has 1 aromatic rings. The molecule has 0 saturated heterocycles. The van der Waals surface area contributed by atoms with Gasteiger partial charge in [-0.25, -0.2) is 5.43 Å². The van der Waals surface area contributed by atoms with Crippen molar-refractivity contribution in [3.05, 3.63) is 39.9 Å². The number of hydrogen-bond acceptors (Lipinski definition) is 4. The second-order valence-corrected chi connectivity index (χ2v) is 4.69. The Bertz CT molecular complexity index is 510. The van der Waals surface area contributed by atoms with E-state index in [1.54, 1.807) is 0 Å². The van der Waals surface area contributed by atoms with Crippen molar-refractivity contribution in [2.24, 2.45) is 11.0 Å². The van der Waals surface area contributed by atoms with Crippen molar-refractivity contribution in [2.45, 2.75) is 27.2 Å². The predicted octanol–water partition coefficient (Wildman–Crippen LogP) is 2.75. The SMILES string of the molecule is CC(CC(C)C)=NNC(=O)c1cccc([N+](=O)[O-])c1. The maximum Gasteiger partial charge on any atom is 0.271 e. The number of rotatable bonds is 5. The molecule has 1 aromatic carbocycles. The van der Waals surface area contributed by atoms with Crippen LogP contribution >= 0.6 is 0 Å². The molecule has 0 aromatic heterocycles. The number of nitro benzene ring substituents is 1. The van der Waals surface area contributed by atoms with Gasteiger partial charge in [-0.1, -0.05) is 19.9 Å². The van der Waals surface area contributed by atoms with E-state index < -0.39 is 10.8 Å². The maximum atomic E-state index is 11.8. The van der Waals surface area contributed by atoms with Crippen molar-refractivity contribution in [3.8, 4) is 0 Å². The molecule has 0 unspecified atom stereocenters. The van der Waals surface area contributed by atoms with Gasteiger partial charge in [-0.15, -0.1) is 0 Å². The van der Waals surface area contributed by atoms with E-state index in [2.05, 4.69) is 24.4 Å². The molecule has 0 saturated carbocycles. The fourth-order valence-electron chi connectivity index (χ4n) is 1.61. The van der Waals surface area contributed by atoms with Gasteiger partial charge in [0.1, 0.15) is 0 Å². The molecule has 19 heavy (non-hydrogen) atoms. The minimum atomic E-state index is -0.538. The Morgan fingerprint density at radius 2 is 2.16 bits per heavy atom. The van der Waals surface area contributed by atoms with E-state index in [1.165, 1.54) is 24.3 Å². The van der Waals surface area contributed by atoms with E-state index in [1.807, 2.05) is 6.92 Å². The average molecular weight is 263 g/mol. The summed E-state index contributed by atoms with van der Waals surface area (Å²) < 4.78 is 0. The fraction of sp³-hybridized carbons (Fsp3) is 0.385. The van der Waals surface area contributed by atoms with Gasteiger partial charge in [0.05, 0.1) is 4.92 Å². The number of amides is 1. The molecule has 1 rings (SSSR count). The first kappa shape index (κ1) is 14.8. The molecular weight excluding hydrogens is 246 g/mol.